The van der Waals surface area contributed by atoms with Crippen LogP contribution in [-0.2, 0) is 13.0 Å². The zero-order chi connectivity index (χ0) is 13.9. The molecule has 0 bridgehead atoms. The molecule has 0 aromatic heterocycles. The van der Waals surface area contributed by atoms with Gasteiger partial charge in [0.25, 0.3) is 5.91 Å². The minimum atomic E-state index is 0.0739. The third-order valence-corrected chi connectivity index (χ3v) is 3.62. The number of carbonyl (C=O) groups excluding carboxylic acids is 1. The van der Waals surface area contributed by atoms with Gasteiger partial charge < -0.3 is 10.3 Å². The van der Waals surface area contributed by atoms with Crippen LogP contribution in [0.15, 0.2) is 48.5 Å². The van der Waals surface area contributed by atoms with E-state index in [-0.39, 0.29) is 5.91 Å². The number of hydrogen-bond acceptors (Lipinski definition) is 2. The van der Waals surface area contributed by atoms with E-state index in [0.29, 0.717) is 6.54 Å². The average molecular weight is 264 g/mol. The third kappa shape index (κ3) is 2.23. The summed E-state index contributed by atoms with van der Waals surface area (Å²) in [6.07, 6.45) is 2.99. The Morgan fingerprint density at radius 3 is 2.80 bits per heavy atom. The van der Waals surface area contributed by atoms with Crippen LogP contribution in [0.25, 0.3) is 0 Å². The molecule has 3 nitrogen and oxygen atoms in total. The van der Waals surface area contributed by atoms with Gasteiger partial charge in [-0.15, -0.1) is 0 Å². The van der Waals surface area contributed by atoms with Crippen LogP contribution in [0.3, 0.4) is 0 Å². The molecule has 2 aromatic rings. The van der Waals surface area contributed by atoms with Gasteiger partial charge in [0, 0.05) is 11.3 Å². The van der Waals surface area contributed by atoms with Crippen LogP contribution in [0.4, 0.5) is 5.69 Å². The first-order valence-corrected chi connectivity index (χ1v) is 6.77. The Hall–Kier alpha value is -2.42. The SMILES string of the molecule is N=CCCc1cccc(N2Cc3ccccc3C2=O)c1. The van der Waals surface area contributed by atoms with Gasteiger partial charge in [-0.25, -0.2) is 0 Å². The number of nitrogens with one attached hydrogen (secondary N) is 1. The first-order valence-electron chi connectivity index (χ1n) is 6.77. The lowest BCUT2D eigenvalue weighted by Gasteiger charge is -2.16. The quantitative estimate of drug-likeness (QED) is 0.845. The lowest BCUT2D eigenvalue weighted by molar-refractivity contribution is 0.0996. The number of nitrogens with zero attached hydrogens (tertiary/aromatic N) is 1. The predicted octanol–water partition coefficient (Wildman–Crippen LogP) is 3.43. The van der Waals surface area contributed by atoms with Gasteiger partial charge in [0.05, 0.1) is 6.54 Å². The van der Waals surface area contributed by atoms with E-state index in [0.717, 1.165) is 35.2 Å². The van der Waals surface area contributed by atoms with Crippen LogP contribution < -0.4 is 4.90 Å². The molecule has 0 fully saturated rings. The Morgan fingerprint density at radius 1 is 1.15 bits per heavy atom. The highest BCUT2D eigenvalue weighted by Crippen LogP contribution is 2.28. The average Bonchev–Trinajstić information content (AvgIpc) is 2.83. The van der Waals surface area contributed by atoms with Crippen molar-refractivity contribution < 1.29 is 4.79 Å². The smallest absolute Gasteiger partial charge is 0.258 e. The molecular formula is C17H16N2O. The van der Waals surface area contributed by atoms with Crippen molar-refractivity contribution in [3.63, 3.8) is 0 Å². The number of carbonyl (C=O) groups is 1. The Morgan fingerprint density at radius 2 is 2.00 bits per heavy atom. The first-order chi connectivity index (χ1) is 9.79. The summed E-state index contributed by atoms with van der Waals surface area (Å²) in [5.74, 6) is 0.0739. The second-order valence-electron chi connectivity index (χ2n) is 4.96. The van der Waals surface area contributed by atoms with Crippen molar-refractivity contribution in [2.75, 3.05) is 4.90 Å². The van der Waals surface area contributed by atoms with Crippen molar-refractivity contribution in [3.8, 4) is 0 Å². The van der Waals surface area contributed by atoms with Crippen LogP contribution in [0.2, 0.25) is 0 Å². The molecule has 0 radical (unpaired) electrons. The molecule has 1 aliphatic rings. The van der Waals surface area contributed by atoms with E-state index >= 15 is 0 Å². The van der Waals surface area contributed by atoms with Crippen molar-refractivity contribution in [3.05, 3.63) is 65.2 Å². The van der Waals surface area contributed by atoms with Gasteiger partial charge in [0.1, 0.15) is 0 Å². The molecule has 0 saturated carbocycles. The molecule has 2 aromatic carbocycles. The number of hydrogen-bond donors (Lipinski definition) is 1. The topological polar surface area (TPSA) is 44.2 Å². The summed E-state index contributed by atoms with van der Waals surface area (Å²) in [6, 6.07) is 15.8. The molecule has 0 spiro atoms. The third-order valence-electron chi connectivity index (χ3n) is 3.62. The molecule has 1 heterocycles. The van der Waals surface area contributed by atoms with Gasteiger partial charge in [-0.05, 0) is 48.4 Å². The predicted molar refractivity (Wildman–Crippen MR) is 80.5 cm³/mol. The van der Waals surface area contributed by atoms with E-state index in [9.17, 15) is 4.79 Å². The lowest BCUT2D eigenvalue weighted by Crippen LogP contribution is -2.23. The molecule has 100 valence electrons. The Balaban J connectivity index is 1.88. The second-order valence-corrected chi connectivity index (χ2v) is 4.96. The molecule has 1 aliphatic heterocycles. The fourth-order valence-corrected chi connectivity index (χ4v) is 2.58. The molecule has 1 N–H and O–H groups in total. The van der Waals surface area contributed by atoms with Gasteiger partial charge >= 0.3 is 0 Å². The molecule has 20 heavy (non-hydrogen) atoms. The van der Waals surface area contributed by atoms with Crippen molar-refractivity contribution >= 4 is 17.8 Å². The number of anilines is 1. The highest BCUT2D eigenvalue weighted by molar-refractivity contribution is 6.09. The second kappa shape index (κ2) is 5.29. The molecule has 0 saturated heterocycles. The zero-order valence-corrected chi connectivity index (χ0v) is 11.2. The minimum absolute atomic E-state index is 0.0739. The van der Waals surface area contributed by atoms with Gasteiger partial charge in [-0.3, -0.25) is 4.79 Å². The van der Waals surface area contributed by atoms with Crippen LogP contribution in [0.5, 0.6) is 0 Å². The first kappa shape index (κ1) is 12.6. The zero-order valence-electron chi connectivity index (χ0n) is 11.2. The summed E-state index contributed by atoms with van der Waals surface area (Å²) in [6.45, 7) is 0.642. The molecule has 0 atom stereocenters. The minimum Gasteiger partial charge on any atom is -0.313 e. The molecule has 0 aliphatic carbocycles. The van der Waals surface area contributed by atoms with Crippen molar-refractivity contribution in [1.29, 1.82) is 5.41 Å². The molecule has 0 unspecified atom stereocenters. The molecule has 3 rings (SSSR count). The van der Waals surface area contributed by atoms with Crippen LogP contribution >= 0.6 is 0 Å². The maximum atomic E-state index is 12.4. The van der Waals surface area contributed by atoms with E-state index in [2.05, 4.69) is 0 Å². The van der Waals surface area contributed by atoms with Crippen molar-refractivity contribution in [2.24, 2.45) is 0 Å². The van der Waals surface area contributed by atoms with E-state index in [1.54, 1.807) is 0 Å². The summed E-state index contributed by atoms with van der Waals surface area (Å²) >= 11 is 0. The van der Waals surface area contributed by atoms with Crippen LogP contribution in [-0.4, -0.2) is 12.1 Å². The highest BCUT2D eigenvalue weighted by Gasteiger charge is 2.27. The summed E-state index contributed by atoms with van der Waals surface area (Å²) < 4.78 is 0. The largest absolute Gasteiger partial charge is 0.313 e. The maximum absolute atomic E-state index is 12.4. The fraction of sp³-hybridized carbons (Fsp3) is 0.176. The fourth-order valence-electron chi connectivity index (χ4n) is 2.58. The van der Waals surface area contributed by atoms with Gasteiger partial charge in [0.2, 0.25) is 0 Å². The standard InChI is InChI=1S/C17H16N2O/c18-10-4-6-13-5-3-8-15(11-13)19-12-14-7-1-2-9-16(14)17(19)20/h1-3,5,7-11,18H,4,6,12H2. The number of fused-ring (bicyclic) bond motifs is 1. The summed E-state index contributed by atoms with van der Waals surface area (Å²) in [7, 11) is 0. The van der Waals surface area contributed by atoms with E-state index < -0.39 is 0 Å². The highest BCUT2D eigenvalue weighted by atomic mass is 16.2. The summed E-state index contributed by atoms with van der Waals surface area (Å²) in [5.41, 5.74) is 3.99. The van der Waals surface area contributed by atoms with Crippen LogP contribution in [0, 0.1) is 5.41 Å². The monoisotopic (exact) mass is 264 g/mol. The van der Waals surface area contributed by atoms with Crippen molar-refractivity contribution in [1.82, 2.24) is 0 Å². The lowest BCUT2D eigenvalue weighted by atomic mass is 10.1. The summed E-state index contributed by atoms with van der Waals surface area (Å²) in [5, 5.41) is 7.10. The normalized spacial score (nSPS) is 13.4. The Labute approximate surface area is 118 Å². The molecule has 1 amide bonds. The van der Waals surface area contributed by atoms with Crippen molar-refractivity contribution in [2.45, 2.75) is 19.4 Å². The molecule has 3 heteroatoms. The number of rotatable bonds is 4. The summed E-state index contributed by atoms with van der Waals surface area (Å²) in [4.78, 5) is 14.2. The Kier molecular flexibility index (Phi) is 3.33. The Bertz CT molecular complexity index is 664. The van der Waals surface area contributed by atoms with Gasteiger partial charge in [-0.2, -0.15) is 0 Å². The number of benzene rings is 2. The number of amides is 1. The number of aryl methyl sites for hydroxylation is 1. The van der Waals surface area contributed by atoms with E-state index in [4.69, 9.17) is 5.41 Å². The van der Waals surface area contributed by atoms with Gasteiger partial charge in [0.15, 0.2) is 0 Å². The van der Waals surface area contributed by atoms with E-state index in [1.165, 1.54) is 6.21 Å². The van der Waals surface area contributed by atoms with Gasteiger partial charge in [-0.1, -0.05) is 30.3 Å². The maximum Gasteiger partial charge on any atom is 0.258 e. The molecular weight excluding hydrogens is 248 g/mol. The van der Waals surface area contributed by atoms with E-state index in [1.807, 2.05) is 53.4 Å². The van der Waals surface area contributed by atoms with Crippen LogP contribution in [0.1, 0.15) is 27.9 Å².